The Balaban J connectivity index is 1.96. The van der Waals surface area contributed by atoms with Gasteiger partial charge in [0.05, 0.1) is 11.4 Å². The number of likely N-dealkylation sites (tertiary alicyclic amines) is 1. The zero-order valence-corrected chi connectivity index (χ0v) is 13.0. The zero-order valence-electron chi connectivity index (χ0n) is 12.2. The summed E-state index contributed by atoms with van der Waals surface area (Å²) in [7, 11) is -2.08. The van der Waals surface area contributed by atoms with Gasteiger partial charge in [-0.3, -0.25) is 14.6 Å². The maximum absolute atomic E-state index is 12.2. The molecule has 0 spiro atoms. The minimum atomic E-state index is -3.49. The van der Waals surface area contributed by atoms with Gasteiger partial charge in [0.15, 0.2) is 9.84 Å². The fraction of sp³-hybridized carbons (Fsp3) is 0.538. The van der Waals surface area contributed by atoms with Crippen molar-refractivity contribution < 1.29 is 18.0 Å². The van der Waals surface area contributed by atoms with E-state index >= 15 is 0 Å². The number of sulfone groups is 1. The highest BCUT2D eigenvalue weighted by molar-refractivity contribution is 7.92. The topological polar surface area (TPSA) is 109 Å². The van der Waals surface area contributed by atoms with Gasteiger partial charge in [0, 0.05) is 32.5 Å². The number of amides is 2. The second-order valence-corrected chi connectivity index (χ2v) is 7.34. The van der Waals surface area contributed by atoms with Crippen molar-refractivity contribution in [1.82, 2.24) is 20.2 Å². The second kappa shape index (κ2) is 6.82. The molecule has 2 amide bonds. The quantitative estimate of drug-likeness (QED) is 0.779. The molecular formula is C13H18N4O4S. The van der Waals surface area contributed by atoms with E-state index in [9.17, 15) is 18.0 Å². The molecule has 0 saturated carbocycles. The lowest BCUT2D eigenvalue weighted by molar-refractivity contribution is -0.118. The van der Waals surface area contributed by atoms with E-state index in [-0.39, 0.29) is 11.6 Å². The van der Waals surface area contributed by atoms with Crippen molar-refractivity contribution in [2.24, 2.45) is 0 Å². The van der Waals surface area contributed by atoms with Crippen molar-refractivity contribution in [2.75, 3.05) is 25.9 Å². The van der Waals surface area contributed by atoms with Crippen molar-refractivity contribution in [1.29, 1.82) is 0 Å². The number of piperidine rings is 1. The lowest BCUT2D eigenvalue weighted by Crippen LogP contribution is -2.44. The summed E-state index contributed by atoms with van der Waals surface area (Å²) in [5, 5.41) is 1.72. The Morgan fingerprint density at radius 3 is 2.55 bits per heavy atom. The van der Waals surface area contributed by atoms with Crippen LogP contribution >= 0.6 is 0 Å². The maximum atomic E-state index is 12.2. The second-order valence-electron chi connectivity index (χ2n) is 5.06. The zero-order chi connectivity index (χ0) is 16.2. The standard InChI is InChI=1S/C13H18N4O4S/c1-14-12(18)9-22(20,21)10-2-6-17(7-3-10)13(19)11-8-15-4-5-16-11/h4-5,8,10H,2-3,6-7,9H2,1H3,(H,14,18). The molecule has 0 aromatic carbocycles. The van der Waals surface area contributed by atoms with Crippen LogP contribution in [0.1, 0.15) is 23.3 Å². The average Bonchev–Trinajstić information content (AvgIpc) is 2.54. The van der Waals surface area contributed by atoms with Gasteiger partial charge in [-0.15, -0.1) is 0 Å². The normalized spacial score (nSPS) is 16.3. The summed E-state index contributed by atoms with van der Waals surface area (Å²) in [4.78, 5) is 32.8. The first-order valence-electron chi connectivity index (χ1n) is 6.91. The van der Waals surface area contributed by atoms with Gasteiger partial charge in [0.1, 0.15) is 11.4 Å². The fourth-order valence-electron chi connectivity index (χ4n) is 2.36. The fourth-order valence-corrected chi connectivity index (χ4v) is 4.04. The first-order chi connectivity index (χ1) is 10.4. The molecule has 1 aromatic rings. The third-order valence-electron chi connectivity index (χ3n) is 3.63. The average molecular weight is 326 g/mol. The van der Waals surface area contributed by atoms with E-state index in [0.717, 1.165) is 0 Å². The van der Waals surface area contributed by atoms with Crippen LogP contribution in [-0.2, 0) is 14.6 Å². The minimum absolute atomic E-state index is 0.245. The van der Waals surface area contributed by atoms with Gasteiger partial charge >= 0.3 is 0 Å². The summed E-state index contributed by atoms with van der Waals surface area (Å²) in [5.41, 5.74) is 0.245. The Bertz CT molecular complexity index is 639. The van der Waals surface area contributed by atoms with E-state index in [2.05, 4.69) is 15.3 Å². The Hall–Kier alpha value is -2.03. The molecule has 0 unspecified atom stereocenters. The van der Waals surface area contributed by atoms with E-state index < -0.39 is 26.7 Å². The van der Waals surface area contributed by atoms with Crippen LogP contribution in [0.25, 0.3) is 0 Å². The van der Waals surface area contributed by atoms with Crippen molar-refractivity contribution in [3.8, 4) is 0 Å². The Kier molecular flexibility index (Phi) is 5.07. The molecule has 1 aliphatic heterocycles. The molecule has 120 valence electrons. The van der Waals surface area contributed by atoms with Crippen LogP contribution in [0.5, 0.6) is 0 Å². The smallest absolute Gasteiger partial charge is 0.274 e. The molecule has 1 aromatic heterocycles. The highest BCUT2D eigenvalue weighted by Crippen LogP contribution is 2.19. The van der Waals surface area contributed by atoms with Crippen LogP contribution in [0.2, 0.25) is 0 Å². The Labute approximate surface area is 128 Å². The highest BCUT2D eigenvalue weighted by atomic mass is 32.2. The van der Waals surface area contributed by atoms with Gasteiger partial charge in [0.25, 0.3) is 5.91 Å². The summed E-state index contributed by atoms with van der Waals surface area (Å²) in [6.07, 6.45) is 4.95. The molecule has 1 saturated heterocycles. The highest BCUT2D eigenvalue weighted by Gasteiger charge is 2.33. The summed E-state index contributed by atoms with van der Waals surface area (Å²) < 4.78 is 24.2. The van der Waals surface area contributed by atoms with Gasteiger partial charge in [-0.2, -0.15) is 0 Å². The third-order valence-corrected chi connectivity index (χ3v) is 5.78. The number of nitrogens with one attached hydrogen (secondary N) is 1. The molecule has 0 radical (unpaired) electrons. The number of carbonyl (C=O) groups is 2. The molecule has 1 fully saturated rings. The SMILES string of the molecule is CNC(=O)CS(=O)(=O)C1CCN(C(=O)c2cnccn2)CC1. The van der Waals surface area contributed by atoms with Gasteiger partial charge in [-0.1, -0.05) is 0 Å². The summed E-state index contributed by atoms with van der Waals surface area (Å²) in [5.74, 6) is -1.28. The summed E-state index contributed by atoms with van der Waals surface area (Å²) in [6, 6.07) is 0. The Morgan fingerprint density at radius 2 is 2.00 bits per heavy atom. The van der Waals surface area contributed by atoms with Gasteiger partial charge < -0.3 is 10.2 Å². The lowest BCUT2D eigenvalue weighted by Gasteiger charge is -2.31. The predicted octanol–water partition coefficient (Wildman–Crippen LogP) is -0.758. The van der Waals surface area contributed by atoms with Crippen LogP contribution in [0.15, 0.2) is 18.6 Å². The first-order valence-corrected chi connectivity index (χ1v) is 8.63. The molecular weight excluding hydrogens is 308 g/mol. The van der Waals surface area contributed by atoms with Crippen LogP contribution in [0.4, 0.5) is 0 Å². The van der Waals surface area contributed by atoms with E-state index in [1.165, 1.54) is 25.6 Å². The van der Waals surface area contributed by atoms with Crippen molar-refractivity contribution in [3.05, 3.63) is 24.3 Å². The number of nitrogens with zero attached hydrogens (tertiary/aromatic N) is 3. The number of hydrogen-bond donors (Lipinski definition) is 1. The molecule has 22 heavy (non-hydrogen) atoms. The molecule has 1 aliphatic rings. The minimum Gasteiger partial charge on any atom is -0.358 e. The molecule has 2 rings (SSSR count). The summed E-state index contributed by atoms with van der Waals surface area (Å²) >= 11 is 0. The molecule has 0 aliphatic carbocycles. The van der Waals surface area contributed by atoms with Crippen LogP contribution in [-0.4, -0.2) is 66.2 Å². The van der Waals surface area contributed by atoms with E-state index in [0.29, 0.717) is 25.9 Å². The van der Waals surface area contributed by atoms with Gasteiger partial charge in [-0.25, -0.2) is 13.4 Å². The predicted molar refractivity (Wildman–Crippen MR) is 78.8 cm³/mol. The van der Waals surface area contributed by atoms with Gasteiger partial charge in [0.2, 0.25) is 5.91 Å². The molecule has 2 heterocycles. The van der Waals surface area contributed by atoms with Crippen molar-refractivity contribution in [2.45, 2.75) is 18.1 Å². The maximum Gasteiger partial charge on any atom is 0.274 e. The molecule has 0 bridgehead atoms. The van der Waals surface area contributed by atoms with Crippen LogP contribution < -0.4 is 5.32 Å². The third kappa shape index (κ3) is 3.79. The molecule has 9 heteroatoms. The van der Waals surface area contributed by atoms with Crippen LogP contribution in [0, 0.1) is 0 Å². The van der Waals surface area contributed by atoms with Gasteiger partial charge in [-0.05, 0) is 12.8 Å². The lowest BCUT2D eigenvalue weighted by atomic mass is 10.1. The molecule has 1 N–H and O–H groups in total. The van der Waals surface area contributed by atoms with Crippen molar-refractivity contribution in [3.63, 3.8) is 0 Å². The van der Waals surface area contributed by atoms with E-state index in [4.69, 9.17) is 0 Å². The number of carbonyl (C=O) groups excluding carboxylic acids is 2. The summed E-state index contributed by atoms with van der Waals surface area (Å²) in [6.45, 7) is 0.653. The number of rotatable bonds is 4. The monoisotopic (exact) mass is 326 g/mol. The first kappa shape index (κ1) is 16.3. The van der Waals surface area contributed by atoms with Crippen LogP contribution in [0.3, 0.4) is 0 Å². The largest absolute Gasteiger partial charge is 0.358 e. The molecule has 8 nitrogen and oxygen atoms in total. The Morgan fingerprint density at radius 1 is 1.32 bits per heavy atom. The van der Waals surface area contributed by atoms with E-state index in [1.54, 1.807) is 4.90 Å². The number of hydrogen-bond acceptors (Lipinski definition) is 6. The van der Waals surface area contributed by atoms with Crippen molar-refractivity contribution >= 4 is 21.7 Å². The number of aromatic nitrogens is 2. The molecule has 0 atom stereocenters. The van der Waals surface area contributed by atoms with E-state index in [1.807, 2.05) is 0 Å².